The first kappa shape index (κ1) is 21.1. The summed E-state index contributed by atoms with van der Waals surface area (Å²) in [6.07, 6.45) is 6.49. The van der Waals surface area contributed by atoms with Gasteiger partial charge in [0.25, 0.3) is 0 Å². The van der Waals surface area contributed by atoms with Crippen molar-refractivity contribution in [2.24, 2.45) is 17.8 Å². The molecule has 1 unspecified atom stereocenters. The van der Waals surface area contributed by atoms with Gasteiger partial charge in [0, 0.05) is 12.6 Å². The van der Waals surface area contributed by atoms with Crippen LogP contribution in [0.5, 0.6) is 0 Å². The Morgan fingerprint density at radius 1 is 1.17 bits per heavy atom. The lowest BCUT2D eigenvalue weighted by Gasteiger charge is -2.40. The molecule has 4 heterocycles. The highest BCUT2D eigenvalue weighted by molar-refractivity contribution is 5.99. The molecule has 0 aromatic heterocycles. The van der Waals surface area contributed by atoms with Gasteiger partial charge in [-0.3, -0.25) is 14.4 Å². The van der Waals surface area contributed by atoms with Crippen LogP contribution in [0.3, 0.4) is 0 Å². The van der Waals surface area contributed by atoms with E-state index in [4.69, 9.17) is 9.47 Å². The Hall–Kier alpha value is -2.19. The number of nitrogens with zero attached hydrogens (tertiary/aromatic N) is 2. The van der Waals surface area contributed by atoms with Crippen molar-refractivity contribution in [3.8, 4) is 0 Å². The number of esters is 1. The van der Waals surface area contributed by atoms with Crippen molar-refractivity contribution in [2.45, 2.75) is 57.5 Å². The van der Waals surface area contributed by atoms with Crippen LogP contribution in [0.25, 0.3) is 0 Å². The van der Waals surface area contributed by atoms with Crippen molar-refractivity contribution in [1.82, 2.24) is 9.80 Å². The minimum Gasteiger partial charge on any atom is -0.461 e. The number of amides is 2. The summed E-state index contributed by atoms with van der Waals surface area (Å²) in [6.45, 7) is 7.91. The van der Waals surface area contributed by atoms with Gasteiger partial charge < -0.3 is 24.4 Å². The van der Waals surface area contributed by atoms with Gasteiger partial charge in [-0.1, -0.05) is 32.1 Å². The Morgan fingerprint density at radius 2 is 1.90 bits per heavy atom. The number of cyclic esters (lactones) is 1. The molecule has 2 fully saturated rings. The molecule has 164 valence electrons. The van der Waals surface area contributed by atoms with Gasteiger partial charge in [0.2, 0.25) is 11.8 Å². The van der Waals surface area contributed by atoms with E-state index in [1.54, 1.807) is 23.1 Å². The monoisotopic (exact) mass is 418 g/mol. The third kappa shape index (κ3) is 2.84. The van der Waals surface area contributed by atoms with Crippen molar-refractivity contribution >= 4 is 17.8 Å². The molecule has 8 nitrogen and oxygen atoms in total. The molecule has 0 aromatic carbocycles. The molecule has 4 aliphatic heterocycles. The summed E-state index contributed by atoms with van der Waals surface area (Å²) in [5.41, 5.74) is -1.27. The Labute approximate surface area is 176 Å². The summed E-state index contributed by atoms with van der Waals surface area (Å²) < 4.78 is 11.7. The van der Waals surface area contributed by atoms with E-state index in [1.807, 2.05) is 33.8 Å². The molecule has 1 N–H and O–H groups in total. The van der Waals surface area contributed by atoms with Gasteiger partial charge in [0.1, 0.15) is 24.2 Å². The molecular formula is C22H30N2O6. The molecule has 0 saturated carbocycles. The maximum absolute atomic E-state index is 13.8. The Kier molecular flexibility index (Phi) is 5.26. The van der Waals surface area contributed by atoms with Crippen molar-refractivity contribution in [1.29, 1.82) is 0 Å². The van der Waals surface area contributed by atoms with Crippen LogP contribution < -0.4 is 0 Å². The van der Waals surface area contributed by atoms with Crippen LogP contribution in [0.15, 0.2) is 24.3 Å². The molecule has 0 aliphatic carbocycles. The van der Waals surface area contributed by atoms with Crippen LogP contribution in [-0.4, -0.2) is 82.3 Å². The Bertz CT molecular complexity index is 805. The molecule has 0 radical (unpaired) electrons. The van der Waals surface area contributed by atoms with E-state index in [-0.39, 0.29) is 37.0 Å². The highest BCUT2D eigenvalue weighted by Gasteiger charge is 2.72. The van der Waals surface area contributed by atoms with Crippen LogP contribution in [0.1, 0.15) is 27.7 Å². The van der Waals surface area contributed by atoms with Crippen LogP contribution in [0.4, 0.5) is 0 Å². The van der Waals surface area contributed by atoms with Crippen molar-refractivity contribution in [3.63, 3.8) is 0 Å². The lowest BCUT2D eigenvalue weighted by atomic mass is 9.78. The number of hydrogen-bond donors (Lipinski definition) is 1. The van der Waals surface area contributed by atoms with Gasteiger partial charge in [0.05, 0.1) is 24.7 Å². The summed E-state index contributed by atoms with van der Waals surface area (Å²) in [5, 5.41) is 10.1. The van der Waals surface area contributed by atoms with Gasteiger partial charge in [-0.2, -0.15) is 0 Å². The fourth-order valence-corrected chi connectivity index (χ4v) is 5.37. The fourth-order valence-electron chi connectivity index (χ4n) is 5.37. The predicted octanol–water partition coefficient (Wildman–Crippen LogP) is 0.504. The standard InChI is InChI=1S/C22H30N2O6/c1-12(2)14(11-25)24-18-20(27)23(13(3)4)9-6-8-22(18)17(19(24)26)16-15(30-22)7-5-10-29-21(16)28/h5-8,12-18,25H,9-11H2,1-4H3/t14-,15+,16-,17-,18?,22-/m0/s1. The summed E-state index contributed by atoms with van der Waals surface area (Å²) >= 11 is 0. The third-order valence-corrected chi connectivity index (χ3v) is 6.82. The highest BCUT2D eigenvalue weighted by Crippen LogP contribution is 2.54. The summed E-state index contributed by atoms with van der Waals surface area (Å²) in [5.74, 6) is -2.83. The number of aliphatic hydroxyl groups excluding tert-OH is 1. The molecule has 2 saturated heterocycles. The zero-order valence-electron chi connectivity index (χ0n) is 17.9. The maximum Gasteiger partial charge on any atom is 0.313 e. The van der Waals surface area contributed by atoms with Crippen LogP contribution in [0, 0.1) is 17.8 Å². The van der Waals surface area contributed by atoms with Crippen LogP contribution in [-0.2, 0) is 23.9 Å². The van der Waals surface area contributed by atoms with Gasteiger partial charge in [-0.15, -0.1) is 0 Å². The van der Waals surface area contributed by atoms with Crippen molar-refractivity contribution in [3.05, 3.63) is 24.3 Å². The molecule has 0 bridgehead atoms. The highest BCUT2D eigenvalue weighted by atomic mass is 16.6. The molecule has 0 aromatic rings. The van der Waals surface area contributed by atoms with Gasteiger partial charge in [-0.05, 0) is 25.8 Å². The van der Waals surface area contributed by atoms with E-state index >= 15 is 0 Å². The van der Waals surface area contributed by atoms with E-state index in [9.17, 15) is 19.5 Å². The summed E-state index contributed by atoms with van der Waals surface area (Å²) in [4.78, 5) is 43.5. The average molecular weight is 418 g/mol. The molecular weight excluding hydrogens is 388 g/mol. The van der Waals surface area contributed by atoms with Gasteiger partial charge in [-0.25, -0.2) is 0 Å². The van der Waals surface area contributed by atoms with E-state index in [2.05, 4.69) is 0 Å². The lowest BCUT2D eigenvalue weighted by Crippen LogP contribution is -2.59. The van der Waals surface area contributed by atoms with E-state index in [0.717, 1.165) is 0 Å². The average Bonchev–Trinajstić information content (AvgIpc) is 2.97. The van der Waals surface area contributed by atoms with Crippen LogP contribution in [0.2, 0.25) is 0 Å². The number of likely N-dealkylation sites (tertiary alicyclic amines) is 1. The third-order valence-electron chi connectivity index (χ3n) is 6.82. The first-order valence-electron chi connectivity index (χ1n) is 10.7. The molecule has 8 heteroatoms. The summed E-state index contributed by atoms with van der Waals surface area (Å²) in [7, 11) is 0. The minimum absolute atomic E-state index is 0.0725. The number of fused-ring (bicyclic) bond motifs is 2. The van der Waals surface area contributed by atoms with Gasteiger partial charge >= 0.3 is 5.97 Å². The number of carbonyl (C=O) groups excluding carboxylic acids is 3. The Balaban J connectivity index is 1.89. The van der Waals surface area contributed by atoms with E-state index in [1.165, 1.54) is 4.90 Å². The molecule has 1 spiro atoms. The number of carbonyl (C=O) groups is 3. The first-order valence-corrected chi connectivity index (χ1v) is 10.7. The summed E-state index contributed by atoms with van der Waals surface area (Å²) in [6, 6.07) is -1.57. The Morgan fingerprint density at radius 3 is 2.53 bits per heavy atom. The fraction of sp³-hybridized carbons (Fsp3) is 0.682. The first-order chi connectivity index (χ1) is 14.2. The van der Waals surface area contributed by atoms with E-state index < -0.39 is 41.6 Å². The minimum atomic E-state index is -1.27. The van der Waals surface area contributed by atoms with Crippen molar-refractivity contribution < 1.29 is 29.0 Å². The number of aliphatic hydroxyl groups is 1. The molecule has 2 amide bonds. The number of ether oxygens (including phenoxy) is 2. The second kappa shape index (κ2) is 7.50. The molecule has 30 heavy (non-hydrogen) atoms. The lowest BCUT2D eigenvalue weighted by molar-refractivity contribution is -0.156. The number of rotatable bonds is 4. The van der Waals surface area contributed by atoms with Gasteiger partial charge in [0.15, 0.2) is 0 Å². The molecule has 4 aliphatic rings. The SMILES string of the molecule is CC(C)[C@H](CO)N1C(=O)[C@@H]2[C@H]3C(=O)OCC=C[C@H]3O[C@@]23C=CCN(C(C)C)C(=O)C13. The van der Waals surface area contributed by atoms with Crippen molar-refractivity contribution in [2.75, 3.05) is 19.8 Å². The van der Waals surface area contributed by atoms with Crippen LogP contribution >= 0.6 is 0 Å². The van der Waals surface area contributed by atoms with E-state index in [0.29, 0.717) is 6.54 Å². The molecule has 4 rings (SSSR count). The second-order valence-electron chi connectivity index (χ2n) is 9.13. The smallest absolute Gasteiger partial charge is 0.313 e. The second-order valence-corrected chi connectivity index (χ2v) is 9.13. The quantitative estimate of drug-likeness (QED) is 0.528. The normalized spacial score (nSPS) is 36.6. The zero-order valence-corrected chi connectivity index (χ0v) is 17.9. The number of hydrogen-bond acceptors (Lipinski definition) is 6. The maximum atomic E-state index is 13.8. The molecule has 6 atom stereocenters. The largest absolute Gasteiger partial charge is 0.461 e. The predicted molar refractivity (Wildman–Crippen MR) is 107 cm³/mol. The topological polar surface area (TPSA) is 96.4 Å². The zero-order chi connectivity index (χ0) is 21.8.